The van der Waals surface area contributed by atoms with Crippen LogP contribution in [0.3, 0.4) is 0 Å². The Balaban J connectivity index is 2.33. The molecule has 5 heteroatoms. The first kappa shape index (κ1) is 14.9. The van der Waals surface area contributed by atoms with Crippen LogP contribution < -0.4 is 5.32 Å². The lowest BCUT2D eigenvalue weighted by molar-refractivity contribution is -0.126. The first-order valence-electron chi connectivity index (χ1n) is 6.65. The van der Waals surface area contributed by atoms with Crippen LogP contribution in [0.2, 0.25) is 0 Å². The van der Waals surface area contributed by atoms with Crippen LogP contribution in [0.4, 0.5) is 0 Å². The van der Waals surface area contributed by atoms with Crippen LogP contribution in [0.25, 0.3) is 0 Å². The average molecular weight is 252 g/mol. The minimum atomic E-state index is -0.0759. The zero-order valence-electron chi connectivity index (χ0n) is 11.6. The van der Waals surface area contributed by atoms with Crippen LogP contribution in [0, 0.1) is 17.2 Å². The van der Waals surface area contributed by atoms with Gasteiger partial charge in [-0.2, -0.15) is 5.26 Å². The fourth-order valence-electron chi connectivity index (χ4n) is 2.03. The number of hydrogen-bond acceptors (Lipinski definition) is 4. The van der Waals surface area contributed by atoms with E-state index in [0.29, 0.717) is 12.5 Å². The summed E-state index contributed by atoms with van der Waals surface area (Å²) in [5, 5.41) is 11.6. The van der Waals surface area contributed by atoms with Crippen molar-refractivity contribution in [3.8, 4) is 6.07 Å². The van der Waals surface area contributed by atoms with Gasteiger partial charge < -0.3 is 5.32 Å². The number of rotatable bonds is 5. The van der Waals surface area contributed by atoms with Gasteiger partial charge >= 0.3 is 0 Å². The number of carbonyl (C=O) groups excluding carboxylic acids is 1. The summed E-state index contributed by atoms with van der Waals surface area (Å²) in [4.78, 5) is 16.2. The monoisotopic (exact) mass is 252 g/mol. The van der Waals surface area contributed by atoms with Gasteiger partial charge in [0.05, 0.1) is 18.7 Å². The van der Waals surface area contributed by atoms with Crippen molar-refractivity contribution in [1.82, 2.24) is 15.1 Å². The summed E-state index contributed by atoms with van der Waals surface area (Å²) in [7, 11) is 0. The standard InChI is InChI=1S/C13H24N4O/c1-11(2)10-15-13(18)12(3)17-8-6-16(5-4-14)7-9-17/h11-12H,5-10H2,1-3H3,(H,15,18). The lowest BCUT2D eigenvalue weighted by Gasteiger charge is -2.36. The van der Waals surface area contributed by atoms with E-state index in [1.54, 1.807) is 0 Å². The molecule has 1 N–H and O–H groups in total. The molecule has 0 aromatic heterocycles. The summed E-state index contributed by atoms with van der Waals surface area (Å²) < 4.78 is 0. The molecule has 0 aromatic carbocycles. The SMILES string of the molecule is CC(C)CNC(=O)C(C)N1CCN(CC#N)CC1. The van der Waals surface area contributed by atoms with Gasteiger partial charge in [0.1, 0.15) is 0 Å². The van der Waals surface area contributed by atoms with E-state index in [1.165, 1.54) is 0 Å². The van der Waals surface area contributed by atoms with Crippen LogP contribution in [-0.2, 0) is 4.79 Å². The van der Waals surface area contributed by atoms with Crippen molar-refractivity contribution in [2.45, 2.75) is 26.8 Å². The molecule has 1 aliphatic heterocycles. The fraction of sp³-hybridized carbons (Fsp3) is 0.846. The molecular weight excluding hydrogens is 228 g/mol. The number of amides is 1. The molecule has 1 atom stereocenters. The average Bonchev–Trinajstić information content (AvgIpc) is 2.36. The zero-order chi connectivity index (χ0) is 13.5. The van der Waals surface area contributed by atoms with Crippen LogP contribution in [0.1, 0.15) is 20.8 Å². The Labute approximate surface area is 110 Å². The van der Waals surface area contributed by atoms with E-state index < -0.39 is 0 Å². The molecule has 102 valence electrons. The van der Waals surface area contributed by atoms with Crippen molar-refractivity contribution in [1.29, 1.82) is 5.26 Å². The van der Waals surface area contributed by atoms with Crippen molar-refractivity contribution in [2.75, 3.05) is 39.3 Å². The van der Waals surface area contributed by atoms with Gasteiger partial charge in [0.15, 0.2) is 0 Å². The van der Waals surface area contributed by atoms with Crippen LogP contribution >= 0.6 is 0 Å². The number of carbonyl (C=O) groups is 1. The summed E-state index contributed by atoms with van der Waals surface area (Å²) in [6.45, 7) is 10.8. The van der Waals surface area contributed by atoms with Crippen molar-refractivity contribution < 1.29 is 4.79 Å². The minimum absolute atomic E-state index is 0.0759. The highest BCUT2D eigenvalue weighted by atomic mass is 16.2. The van der Waals surface area contributed by atoms with Gasteiger partial charge in [-0.3, -0.25) is 14.6 Å². The van der Waals surface area contributed by atoms with E-state index in [0.717, 1.165) is 32.7 Å². The Hall–Kier alpha value is -1.12. The number of piperazine rings is 1. The van der Waals surface area contributed by atoms with E-state index >= 15 is 0 Å². The molecule has 0 radical (unpaired) electrons. The second kappa shape index (κ2) is 7.34. The minimum Gasteiger partial charge on any atom is -0.354 e. The van der Waals surface area contributed by atoms with Crippen molar-refractivity contribution in [2.24, 2.45) is 5.92 Å². The maximum atomic E-state index is 11.9. The Kier molecular flexibility index (Phi) is 6.10. The van der Waals surface area contributed by atoms with E-state index in [-0.39, 0.29) is 11.9 Å². The van der Waals surface area contributed by atoms with Crippen molar-refractivity contribution in [3.63, 3.8) is 0 Å². The third kappa shape index (κ3) is 4.63. The highest BCUT2D eigenvalue weighted by Crippen LogP contribution is 2.06. The first-order chi connectivity index (χ1) is 8.54. The Bertz CT molecular complexity index is 303. The summed E-state index contributed by atoms with van der Waals surface area (Å²) in [5.41, 5.74) is 0. The van der Waals surface area contributed by atoms with Gasteiger partial charge in [-0.05, 0) is 12.8 Å². The molecule has 0 saturated carbocycles. The molecule has 0 aromatic rings. The largest absolute Gasteiger partial charge is 0.354 e. The number of nitrogens with one attached hydrogen (secondary N) is 1. The lowest BCUT2D eigenvalue weighted by Crippen LogP contribution is -2.54. The molecule has 0 spiro atoms. The summed E-state index contributed by atoms with van der Waals surface area (Å²) in [6.07, 6.45) is 0. The quantitative estimate of drug-likeness (QED) is 0.714. The molecule has 18 heavy (non-hydrogen) atoms. The third-order valence-electron chi connectivity index (χ3n) is 3.31. The molecule has 1 unspecified atom stereocenters. The van der Waals surface area contributed by atoms with Gasteiger partial charge in [-0.1, -0.05) is 13.8 Å². The molecule has 1 amide bonds. The number of nitrogens with zero attached hydrogens (tertiary/aromatic N) is 3. The van der Waals surface area contributed by atoms with E-state index in [9.17, 15) is 4.79 Å². The maximum Gasteiger partial charge on any atom is 0.237 e. The van der Waals surface area contributed by atoms with Crippen LogP contribution in [-0.4, -0.2) is 61.0 Å². The van der Waals surface area contributed by atoms with Crippen molar-refractivity contribution in [3.05, 3.63) is 0 Å². The van der Waals surface area contributed by atoms with Gasteiger partial charge in [0.25, 0.3) is 0 Å². The number of hydrogen-bond donors (Lipinski definition) is 1. The van der Waals surface area contributed by atoms with Gasteiger partial charge in [-0.25, -0.2) is 0 Å². The molecule has 5 nitrogen and oxygen atoms in total. The van der Waals surface area contributed by atoms with E-state index in [1.807, 2.05) is 6.92 Å². The van der Waals surface area contributed by atoms with Gasteiger partial charge in [0, 0.05) is 32.7 Å². The van der Waals surface area contributed by atoms with Gasteiger partial charge in [0.2, 0.25) is 5.91 Å². The Morgan fingerprint density at radius 3 is 2.39 bits per heavy atom. The Morgan fingerprint density at radius 2 is 1.89 bits per heavy atom. The van der Waals surface area contributed by atoms with E-state index in [2.05, 4.69) is 35.0 Å². The van der Waals surface area contributed by atoms with Crippen LogP contribution in [0.5, 0.6) is 0 Å². The summed E-state index contributed by atoms with van der Waals surface area (Å²) in [6, 6.07) is 2.09. The molecule has 1 heterocycles. The zero-order valence-corrected chi connectivity index (χ0v) is 11.6. The molecule has 1 saturated heterocycles. The fourth-order valence-corrected chi connectivity index (χ4v) is 2.03. The molecular formula is C13H24N4O. The topological polar surface area (TPSA) is 59.4 Å². The molecule has 0 aliphatic carbocycles. The number of nitriles is 1. The molecule has 1 fully saturated rings. The second-order valence-electron chi connectivity index (χ2n) is 5.29. The molecule has 1 aliphatic rings. The second-order valence-corrected chi connectivity index (χ2v) is 5.29. The first-order valence-corrected chi connectivity index (χ1v) is 6.65. The highest BCUT2D eigenvalue weighted by Gasteiger charge is 2.25. The predicted octanol–water partition coefficient (Wildman–Crippen LogP) is 0.288. The van der Waals surface area contributed by atoms with Crippen molar-refractivity contribution >= 4 is 5.91 Å². The summed E-state index contributed by atoms with van der Waals surface area (Å²) in [5.74, 6) is 0.589. The molecule has 0 bridgehead atoms. The summed E-state index contributed by atoms with van der Waals surface area (Å²) >= 11 is 0. The van der Waals surface area contributed by atoms with Gasteiger partial charge in [-0.15, -0.1) is 0 Å². The molecule has 1 rings (SSSR count). The van der Waals surface area contributed by atoms with E-state index in [4.69, 9.17) is 5.26 Å². The lowest BCUT2D eigenvalue weighted by atomic mass is 10.2. The highest BCUT2D eigenvalue weighted by molar-refractivity contribution is 5.81. The normalized spacial score (nSPS) is 19.5. The predicted molar refractivity (Wildman–Crippen MR) is 70.9 cm³/mol. The Morgan fingerprint density at radius 1 is 1.28 bits per heavy atom. The third-order valence-corrected chi connectivity index (χ3v) is 3.31. The smallest absolute Gasteiger partial charge is 0.237 e. The van der Waals surface area contributed by atoms with Crippen LogP contribution in [0.15, 0.2) is 0 Å². The maximum absolute atomic E-state index is 11.9.